The molecule has 0 saturated carbocycles. The molecule has 33 heavy (non-hydrogen) atoms. The van der Waals surface area contributed by atoms with Gasteiger partial charge in [0.05, 0.1) is 5.56 Å². The molecule has 0 aromatic heterocycles. The molecule has 3 rings (SSSR count). The minimum Gasteiger partial charge on any atom is -0.478 e. The van der Waals surface area contributed by atoms with Crippen molar-refractivity contribution in [3.8, 4) is 0 Å². The van der Waals surface area contributed by atoms with E-state index < -0.39 is 11.8 Å². The van der Waals surface area contributed by atoms with Crippen LogP contribution in [0.25, 0.3) is 17.2 Å². The van der Waals surface area contributed by atoms with Crippen molar-refractivity contribution in [3.05, 3.63) is 106 Å². The van der Waals surface area contributed by atoms with Crippen molar-refractivity contribution < 1.29 is 18.7 Å². The molecular formula is C27H24F2N2O2. The van der Waals surface area contributed by atoms with Crippen LogP contribution in [0.2, 0.25) is 0 Å². The number of hydrogen-bond acceptors (Lipinski definition) is 3. The molecule has 0 heterocycles. The van der Waals surface area contributed by atoms with Gasteiger partial charge >= 0.3 is 5.97 Å². The van der Waals surface area contributed by atoms with Crippen LogP contribution >= 0.6 is 0 Å². The first kappa shape index (κ1) is 23.6. The number of allylic oxidation sites excluding steroid dienone is 1. The number of nitrogen functional groups attached to an aromatic ring is 1. The Balaban J connectivity index is 2.33. The number of hydrogen-bond donors (Lipinski definition) is 3. The van der Waals surface area contributed by atoms with Gasteiger partial charge < -0.3 is 16.2 Å². The molecule has 0 atom stereocenters. The van der Waals surface area contributed by atoms with E-state index in [-0.39, 0.29) is 22.6 Å². The number of carboxylic acid groups (broad SMARTS) is 1. The number of nitrogens with one attached hydrogen (secondary N) is 1. The molecule has 0 amide bonds. The topological polar surface area (TPSA) is 87.2 Å². The second-order valence-corrected chi connectivity index (χ2v) is 7.53. The Labute approximate surface area is 191 Å². The van der Waals surface area contributed by atoms with Crippen LogP contribution in [0, 0.1) is 24.0 Å². The van der Waals surface area contributed by atoms with Crippen molar-refractivity contribution in [2.75, 3.05) is 5.73 Å². The van der Waals surface area contributed by atoms with Crippen LogP contribution in [0.5, 0.6) is 0 Å². The van der Waals surface area contributed by atoms with Gasteiger partial charge in [-0.05, 0) is 77.1 Å². The van der Waals surface area contributed by atoms with Gasteiger partial charge in [0.25, 0.3) is 0 Å². The molecule has 0 aliphatic carbocycles. The number of rotatable bonds is 7. The summed E-state index contributed by atoms with van der Waals surface area (Å²) in [6, 6.07) is 14.7. The molecule has 0 saturated heterocycles. The summed E-state index contributed by atoms with van der Waals surface area (Å²) in [5.41, 5.74) is 10.6. The van der Waals surface area contributed by atoms with E-state index in [0.717, 1.165) is 23.4 Å². The highest BCUT2D eigenvalue weighted by Crippen LogP contribution is 2.38. The smallest absolute Gasteiger partial charge is 0.328 e. The lowest BCUT2D eigenvalue weighted by atomic mass is 9.85. The molecule has 168 valence electrons. The standard InChI is InChI=1S/C27H24F2N2O2/c1-3-20(21-10-9-19(28)14-16(21)2)26(22-11-12-24(31)23(15-30)27(22)29)18-7-4-17(5-8-18)6-13-25(32)33/h4-15,30H,3,31H2,1-2H3,(H,32,33)/b13-6+,26-20+,30-15?. The van der Waals surface area contributed by atoms with Gasteiger partial charge in [-0.3, -0.25) is 0 Å². The molecule has 3 aromatic rings. The van der Waals surface area contributed by atoms with Crippen LogP contribution in [0.3, 0.4) is 0 Å². The molecule has 0 bridgehead atoms. The van der Waals surface area contributed by atoms with Gasteiger partial charge in [0, 0.05) is 23.5 Å². The largest absolute Gasteiger partial charge is 0.478 e. The Bertz CT molecular complexity index is 1280. The van der Waals surface area contributed by atoms with E-state index in [4.69, 9.17) is 16.2 Å². The summed E-state index contributed by atoms with van der Waals surface area (Å²) < 4.78 is 29.3. The molecule has 0 radical (unpaired) electrons. The van der Waals surface area contributed by atoms with E-state index in [1.54, 1.807) is 49.4 Å². The number of aliphatic carboxylic acids is 1. The predicted molar refractivity (Wildman–Crippen MR) is 129 cm³/mol. The van der Waals surface area contributed by atoms with Crippen molar-refractivity contribution in [1.82, 2.24) is 0 Å². The number of benzene rings is 3. The SMILES string of the molecule is CC/C(=C(/c1ccc(/C=C/C(=O)O)cc1)c1ccc(N)c(C=N)c1F)c1ccc(F)cc1C. The second kappa shape index (κ2) is 10.0. The fourth-order valence-corrected chi connectivity index (χ4v) is 3.84. The highest BCUT2D eigenvalue weighted by molar-refractivity contribution is 6.01. The zero-order chi connectivity index (χ0) is 24.1. The lowest BCUT2D eigenvalue weighted by Crippen LogP contribution is -2.04. The summed E-state index contributed by atoms with van der Waals surface area (Å²) in [5, 5.41) is 16.4. The zero-order valence-corrected chi connectivity index (χ0v) is 18.3. The number of carboxylic acids is 1. The highest BCUT2D eigenvalue weighted by Gasteiger charge is 2.20. The second-order valence-electron chi connectivity index (χ2n) is 7.53. The average Bonchev–Trinajstić information content (AvgIpc) is 2.78. The third kappa shape index (κ3) is 5.06. The van der Waals surface area contributed by atoms with Crippen LogP contribution in [0.1, 0.15) is 46.7 Å². The van der Waals surface area contributed by atoms with E-state index in [9.17, 15) is 9.18 Å². The van der Waals surface area contributed by atoms with Crippen molar-refractivity contribution in [1.29, 1.82) is 5.41 Å². The summed E-state index contributed by atoms with van der Waals surface area (Å²) in [6.45, 7) is 3.74. The summed E-state index contributed by atoms with van der Waals surface area (Å²) in [4.78, 5) is 10.8. The summed E-state index contributed by atoms with van der Waals surface area (Å²) >= 11 is 0. The molecule has 0 unspecified atom stereocenters. The van der Waals surface area contributed by atoms with E-state index in [1.807, 2.05) is 6.92 Å². The maximum absolute atomic E-state index is 15.5. The maximum Gasteiger partial charge on any atom is 0.328 e. The number of carbonyl (C=O) groups is 1. The van der Waals surface area contributed by atoms with Gasteiger partial charge in [0.1, 0.15) is 11.6 Å². The molecule has 4 nitrogen and oxygen atoms in total. The van der Waals surface area contributed by atoms with Crippen LogP contribution in [-0.4, -0.2) is 17.3 Å². The van der Waals surface area contributed by atoms with Crippen LogP contribution in [0.4, 0.5) is 14.5 Å². The lowest BCUT2D eigenvalue weighted by molar-refractivity contribution is -0.131. The van der Waals surface area contributed by atoms with Crippen LogP contribution in [0.15, 0.2) is 60.7 Å². The first-order chi connectivity index (χ1) is 15.8. The van der Waals surface area contributed by atoms with E-state index in [1.165, 1.54) is 18.2 Å². The van der Waals surface area contributed by atoms with Crippen molar-refractivity contribution in [2.45, 2.75) is 20.3 Å². The van der Waals surface area contributed by atoms with Gasteiger partial charge in [0.15, 0.2) is 0 Å². The van der Waals surface area contributed by atoms with Crippen molar-refractivity contribution >= 4 is 35.1 Å². The number of aryl methyl sites for hydroxylation is 1. The zero-order valence-electron chi connectivity index (χ0n) is 18.3. The van der Waals surface area contributed by atoms with Crippen molar-refractivity contribution in [3.63, 3.8) is 0 Å². The van der Waals surface area contributed by atoms with Crippen molar-refractivity contribution in [2.24, 2.45) is 0 Å². The maximum atomic E-state index is 15.5. The van der Waals surface area contributed by atoms with Gasteiger partial charge in [-0.15, -0.1) is 0 Å². The average molecular weight is 446 g/mol. The summed E-state index contributed by atoms with van der Waals surface area (Å²) in [7, 11) is 0. The Morgan fingerprint density at radius 2 is 1.73 bits per heavy atom. The molecule has 0 aliphatic rings. The monoisotopic (exact) mass is 446 g/mol. The number of anilines is 1. The minimum atomic E-state index is -1.05. The third-order valence-electron chi connectivity index (χ3n) is 5.41. The number of nitrogens with two attached hydrogens (primary N) is 1. The Kier molecular flexibility index (Phi) is 7.18. The third-order valence-corrected chi connectivity index (χ3v) is 5.41. The Morgan fingerprint density at radius 1 is 1.06 bits per heavy atom. The Hall–Kier alpha value is -4.06. The van der Waals surface area contributed by atoms with Gasteiger partial charge in [-0.2, -0.15) is 0 Å². The molecule has 3 aromatic carbocycles. The highest BCUT2D eigenvalue weighted by atomic mass is 19.1. The first-order valence-electron chi connectivity index (χ1n) is 10.4. The predicted octanol–water partition coefficient (Wildman–Crippen LogP) is 6.32. The molecule has 0 spiro atoms. The fraction of sp³-hybridized carbons (Fsp3) is 0.111. The van der Waals surface area contributed by atoms with E-state index >= 15 is 4.39 Å². The Morgan fingerprint density at radius 3 is 2.30 bits per heavy atom. The number of halogens is 2. The molecule has 0 fully saturated rings. The van der Waals surface area contributed by atoms with Gasteiger partial charge in [-0.1, -0.05) is 37.3 Å². The lowest BCUT2D eigenvalue weighted by Gasteiger charge is -2.19. The van der Waals surface area contributed by atoms with Crippen LogP contribution in [-0.2, 0) is 4.79 Å². The fourth-order valence-electron chi connectivity index (χ4n) is 3.84. The molecule has 4 N–H and O–H groups in total. The van der Waals surface area contributed by atoms with Gasteiger partial charge in [0.2, 0.25) is 0 Å². The summed E-state index contributed by atoms with van der Waals surface area (Å²) in [6.07, 6.45) is 3.94. The minimum absolute atomic E-state index is 0.00251. The van der Waals surface area contributed by atoms with E-state index in [0.29, 0.717) is 28.7 Å². The normalized spacial score (nSPS) is 12.0. The van der Waals surface area contributed by atoms with Crippen LogP contribution < -0.4 is 5.73 Å². The summed E-state index contributed by atoms with van der Waals surface area (Å²) in [5.74, 6) is -2.02. The first-order valence-corrected chi connectivity index (χ1v) is 10.4. The van der Waals surface area contributed by atoms with Gasteiger partial charge in [-0.25, -0.2) is 13.6 Å². The quantitative estimate of drug-likeness (QED) is 0.172. The van der Waals surface area contributed by atoms with E-state index in [2.05, 4.69) is 0 Å². The molecule has 0 aliphatic heterocycles. The molecular weight excluding hydrogens is 422 g/mol. The molecule has 6 heteroatoms.